The average molecular weight is 745 g/mol. The molecule has 0 rings (SSSR count). The second-order valence-electron chi connectivity index (χ2n) is 14.8. The number of rotatable bonds is 41. The van der Waals surface area contributed by atoms with E-state index in [1.807, 2.05) is 0 Å². The van der Waals surface area contributed by atoms with Gasteiger partial charge < -0.3 is 8.85 Å². The predicted octanol–water partition coefficient (Wildman–Crippen LogP) is 13.7. The second-order valence-corrected chi connectivity index (χ2v) is 16.8. The van der Waals surface area contributed by atoms with Crippen molar-refractivity contribution in [2.24, 2.45) is 0 Å². The summed E-state index contributed by atoms with van der Waals surface area (Å²) in [5.74, 6) is -0.735. The van der Waals surface area contributed by atoms with Crippen molar-refractivity contribution in [2.75, 3.05) is 6.61 Å². The Morgan fingerprint density at radius 1 is 0.440 bits per heavy atom. The van der Waals surface area contributed by atoms with E-state index >= 15 is 0 Å². The third-order valence-corrected chi connectivity index (χ3v) is 11.3. The third kappa shape index (κ3) is 38.7. The summed E-state index contributed by atoms with van der Waals surface area (Å²) in [5.41, 5.74) is 0. The largest absolute Gasteiger partial charge is 0.647 e. The summed E-state index contributed by atoms with van der Waals surface area (Å²) in [6.07, 6.45) is 42.0. The van der Waals surface area contributed by atoms with E-state index in [-0.39, 0.29) is 23.8 Å². The minimum atomic E-state index is -3.08. The molecule has 0 amide bonds. The van der Waals surface area contributed by atoms with Crippen LogP contribution < -0.4 is 0 Å². The zero-order chi connectivity index (χ0) is 36.6. The molecule has 0 aromatic carbocycles. The van der Waals surface area contributed by atoms with Gasteiger partial charge in [-0.05, 0) is 19.3 Å². The second kappa shape index (κ2) is 41.2. The maximum absolute atomic E-state index is 12.6. The predicted molar refractivity (Wildman–Crippen MR) is 218 cm³/mol. The lowest BCUT2D eigenvalue weighted by molar-refractivity contribution is -0.238. The topological polar surface area (TPSA) is 71.1 Å². The summed E-state index contributed by atoms with van der Waals surface area (Å²) in [5, 5.41) is 0.0247. The Morgan fingerprint density at radius 3 is 1.02 bits per heavy atom. The van der Waals surface area contributed by atoms with Crippen LogP contribution in [0.4, 0.5) is 0 Å². The molecule has 8 heteroatoms. The lowest BCUT2D eigenvalue weighted by Gasteiger charge is -2.17. The van der Waals surface area contributed by atoms with Gasteiger partial charge in [-0.25, -0.2) is 9.46 Å². The highest BCUT2D eigenvalue weighted by Crippen LogP contribution is 2.16. The van der Waals surface area contributed by atoms with E-state index in [1.54, 1.807) is 0 Å². The smallest absolute Gasteiger partial charge is 0.465 e. The van der Waals surface area contributed by atoms with Gasteiger partial charge in [0.2, 0.25) is 0 Å². The quantitative estimate of drug-likeness (QED) is 0.0221. The Bertz CT molecular complexity index is 664. The maximum Gasteiger partial charge on any atom is 0.647 e. The Morgan fingerprint density at radius 2 is 0.720 bits per heavy atom. The van der Waals surface area contributed by atoms with Gasteiger partial charge in [-0.15, -0.1) is 0 Å². The monoisotopic (exact) mass is 745 g/mol. The summed E-state index contributed by atoms with van der Waals surface area (Å²) >= 11 is 4.54. The van der Waals surface area contributed by atoms with Crippen LogP contribution in [0.2, 0.25) is 0 Å². The van der Waals surface area contributed by atoms with Gasteiger partial charge in [0.15, 0.2) is 0 Å². The summed E-state index contributed by atoms with van der Waals surface area (Å²) in [7, 11) is -3.08. The van der Waals surface area contributed by atoms with E-state index in [0.717, 1.165) is 57.8 Å². The molecule has 0 aromatic rings. The van der Waals surface area contributed by atoms with E-state index in [4.69, 9.17) is 18.3 Å². The molecule has 0 spiro atoms. The van der Waals surface area contributed by atoms with E-state index in [1.165, 1.54) is 154 Å². The lowest BCUT2D eigenvalue weighted by atomic mass is 10.0. The normalized spacial score (nSPS) is 12.1. The molecule has 0 heterocycles. The highest BCUT2D eigenvalue weighted by Gasteiger charge is 2.27. The van der Waals surface area contributed by atoms with Gasteiger partial charge in [0.25, 0.3) is 11.9 Å². The highest BCUT2D eigenvalue weighted by molar-refractivity contribution is 7.81. The number of hydrogen-bond donors (Lipinski definition) is 1. The van der Waals surface area contributed by atoms with Gasteiger partial charge in [0, 0.05) is 18.1 Å². The van der Waals surface area contributed by atoms with E-state index in [2.05, 4.69) is 33.4 Å². The van der Waals surface area contributed by atoms with E-state index < -0.39 is 9.53 Å². The molecule has 298 valence electrons. The van der Waals surface area contributed by atoms with Crippen molar-refractivity contribution >= 4 is 34.1 Å². The molecule has 0 aliphatic rings. The molecular weight excluding hydrogens is 661 g/mol. The number of carbonyl (C=O) groups is 2. The molecule has 0 aliphatic carbocycles. The lowest BCUT2D eigenvalue weighted by Crippen LogP contribution is -2.33. The molecule has 0 saturated carbocycles. The summed E-state index contributed by atoms with van der Waals surface area (Å²) < 4.78 is 16.4. The third-order valence-electron chi connectivity index (χ3n) is 9.72. The van der Waals surface area contributed by atoms with Crippen LogP contribution in [0.15, 0.2) is 0 Å². The maximum atomic E-state index is 12.6. The van der Waals surface area contributed by atoms with Crippen molar-refractivity contribution < 1.29 is 27.9 Å². The minimum Gasteiger partial charge on any atom is -0.465 e. The Balaban J connectivity index is 4.07. The molecule has 6 nitrogen and oxygen atoms in total. The molecule has 0 radical (unpaired) electrons. The SMILES string of the molecule is CCCCCCCCCCCCCCCCCC(=O)O[SiH](OOCC(S)CCCC)OC(=O)CCCCCCCCCCCCCCCCC. The summed E-state index contributed by atoms with van der Waals surface area (Å²) in [6.45, 7) is 6.95. The van der Waals surface area contributed by atoms with Crippen molar-refractivity contribution in [1.82, 2.24) is 0 Å². The number of carbonyl (C=O) groups excluding carboxylic acids is 2. The zero-order valence-electron chi connectivity index (χ0n) is 33.5. The Labute approximate surface area is 318 Å². The van der Waals surface area contributed by atoms with Crippen molar-refractivity contribution in [1.29, 1.82) is 0 Å². The fraction of sp³-hybridized carbons (Fsp3) is 0.952. The van der Waals surface area contributed by atoms with E-state index in [9.17, 15) is 9.59 Å². The molecular formula is C42H84O6SSi. The van der Waals surface area contributed by atoms with Crippen LogP contribution in [0.3, 0.4) is 0 Å². The number of hydrogen-bond acceptors (Lipinski definition) is 7. The van der Waals surface area contributed by atoms with Gasteiger partial charge in [-0.1, -0.05) is 213 Å². The van der Waals surface area contributed by atoms with Gasteiger partial charge in [0.05, 0.1) is 6.61 Å². The van der Waals surface area contributed by atoms with Crippen molar-refractivity contribution in [3.63, 3.8) is 0 Å². The van der Waals surface area contributed by atoms with Crippen LogP contribution in [-0.2, 0) is 27.9 Å². The van der Waals surface area contributed by atoms with Gasteiger partial charge in [-0.2, -0.15) is 12.6 Å². The Kier molecular flexibility index (Phi) is 40.7. The molecule has 1 unspecified atom stereocenters. The first-order chi connectivity index (χ1) is 24.5. The van der Waals surface area contributed by atoms with Gasteiger partial charge in [0.1, 0.15) is 0 Å². The average Bonchev–Trinajstić information content (AvgIpc) is 3.10. The first-order valence-corrected chi connectivity index (χ1v) is 23.8. The summed E-state index contributed by atoms with van der Waals surface area (Å²) in [4.78, 5) is 30.5. The standard InChI is InChI=1S/C42H84O6SSi/c1-4-7-10-12-14-16-18-20-22-24-26-28-30-32-34-37-41(43)46-50(48-45-39-40(49)36-9-6-3)47-42(44)38-35-33-31-29-27-25-23-21-19-17-15-13-11-8-5-2/h40,49-50H,4-39H2,1-3H3. The van der Waals surface area contributed by atoms with Crippen LogP contribution in [0, 0.1) is 0 Å². The van der Waals surface area contributed by atoms with Crippen LogP contribution >= 0.6 is 12.6 Å². The van der Waals surface area contributed by atoms with Crippen LogP contribution in [-0.4, -0.2) is 33.3 Å². The fourth-order valence-electron chi connectivity index (χ4n) is 6.37. The molecule has 0 N–H and O–H groups in total. The summed E-state index contributed by atoms with van der Waals surface area (Å²) in [6, 6.07) is 0. The number of thiol groups is 1. The van der Waals surface area contributed by atoms with Crippen molar-refractivity contribution in [2.45, 2.75) is 251 Å². The van der Waals surface area contributed by atoms with Crippen molar-refractivity contribution in [3.8, 4) is 0 Å². The van der Waals surface area contributed by atoms with E-state index in [0.29, 0.717) is 12.8 Å². The minimum absolute atomic E-state index is 0.0247. The molecule has 0 aliphatic heterocycles. The van der Waals surface area contributed by atoms with Crippen LogP contribution in [0.1, 0.15) is 245 Å². The molecule has 0 saturated heterocycles. The van der Waals surface area contributed by atoms with Gasteiger partial charge in [-0.3, -0.25) is 9.59 Å². The number of unbranched alkanes of at least 4 members (excludes halogenated alkanes) is 29. The molecule has 1 atom stereocenters. The first-order valence-electron chi connectivity index (χ1n) is 21.9. The fourth-order valence-corrected chi connectivity index (χ4v) is 7.60. The van der Waals surface area contributed by atoms with Crippen LogP contribution in [0.5, 0.6) is 0 Å². The molecule has 0 fully saturated rings. The Hall–Kier alpha value is -0.573. The first kappa shape index (κ1) is 49.4. The van der Waals surface area contributed by atoms with Gasteiger partial charge >= 0.3 is 9.53 Å². The molecule has 50 heavy (non-hydrogen) atoms. The zero-order valence-corrected chi connectivity index (χ0v) is 35.6. The molecule has 0 bridgehead atoms. The molecule has 0 aromatic heterocycles. The highest BCUT2D eigenvalue weighted by atomic mass is 32.1. The van der Waals surface area contributed by atoms with Crippen molar-refractivity contribution in [3.05, 3.63) is 0 Å². The van der Waals surface area contributed by atoms with Crippen LogP contribution in [0.25, 0.3) is 0 Å².